The van der Waals surface area contributed by atoms with Crippen LogP contribution in [0.2, 0.25) is 0 Å². The summed E-state index contributed by atoms with van der Waals surface area (Å²) in [5.74, 6) is 0. The zero-order valence-electron chi connectivity index (χ0n) is 12.2. The Morgan fingerprint density at radius 3 is 2.76 bits per heavy atom. The zero-order valence-corrected chi connectivity index (χ0v) is 13.0. The number of aromatic nitrogens is 1. The summed E-state index contributed by atoms with van der Waals surface area (Å²) >= 11 is 0. The molecule has 1 saturated heterocycles. The summed E-state index contributed by atoms with van der Waals surface area (Å²) in [4.78, 5) is 4.14. The first-order chi connectivity index (χ1) is 9.78. The Morgan fingerprint density at radius 1 is 1.52 bits per heavy atom. The highest BCUT2D eigenvalue weighted by molar-refractivity contribution is 7.89. The van der Waals surface area contributed by atoms with Gasteiger partial charge in [-0.25, -0.2) is 8.42 Å². The molecule has 118 valence electrons. The maximum Gasteiger partial charge on any atom is 0.244 e. The summed E-state index contributed by atoms with van der Waals surface area (Å²) in [5, 5.41) is 9.27. The van der Waals surface area contributed by atoms with Crippen LogP contribution in [-0.4, -0.2) is 54.2 Å². The summed E-state index contributed by atoms with van der Waals surface area (Å²) in [5.41, 5.74) is 5.44. The minimum Gasteiger partial charge on any atom is -0.394 e. The Bertz CT molecular complexity index is 586. The van der Waals surface area contributed by atoms with Crippen molar-refractivity contribution in [3.05, 3.63) is 24.0 Å². The number of sulfonamides is 1. The Kier molecular flexibility index (Phi) is 4.64. The second-order valence-electron chi connectivity index (χ2n) is 5.67. The molecule has 0 saturated carbocycles. The lowest BCUT2D eigenvalue weighted by Gasteiger charge is -2.41. The van der Waals surface area contributed by atoms with Gasteiger partial charge in [-0.3, -0.25) is 4.98 Å². The van der Waals surface area contributed by atoms with E-state index in [1.165, 1.54) is 16.6 Å². The lowest BCUT2D eigenvalue weighted by molar-refractivity contribution is -0.131. The molecule has 1 aliphatic rings. The van der Waals surface area contributed by atoms with Crippen LogP contribution in [0.1, 0.15) is 19.5 Å². The normalized spacial score (nSPS) is 23.1. The van der Waals surface area contributed by atoms with E-state index in [-0.39, 0.29) is 31.1 Å². The fraction of sp³-hybridized carbons (Fsp3) is 0.615. The predicted octanol–water partition coefficient (Wildman–Crippen LogP) is -0.299. The molecule has 0 amide bonds. The third kappa shape index (κ3) is 3.58. The molecule has 8 heteroatoms. The molecule has 1 aromatic rings. The Hall–Kier alpha value is -1.06. The second-order valence-corrected chi connectivity index (χ2v) is 7.61. The van der Waals surface area contributed by atoms with Crippen LogP contribution in [-0.2, 0) is 21.3 Å². The van der Waals surface area contributed by atoms with E-state index in [1.807, 2.05) is 0 Å². The van der Waals surface area contributed by atoms with Gasteiger partial charge in [-0.2, -0.15) is 4.31 Å². The van der Waals surface area contributed by atoms with Crippen LogP contribution in [0.4, 0.5) is 0 Å². The van der Waals surface area contributed by atoms with Gasteiger partial charge in [-0.1, -0.05) is 0 Å². The number of pyridine rings is 1. The van der Waals surface area contributed by atoms with Crippen molar-refractivity contribution in [3.8, 4) is 0 Å². The van der Waals surface area contributed by atoms with Gasteiger partial charge in [0.05, 0.1) is 24.0 Å². The van der Waals surface area contributed by atoms with Gasteiger partial charge in [0.2, 0.25) is 10.0 Å². The van der Waals surface area contributed by atoms with Crippen LogP contribution >= 0.6 is 0 Å². The van der Waals surface area contributed by atoms with Gasteiger partial charge in [0, 0.05) is 25.8 Å². The summed E-state index contributed by atoms with van der Waals surface area (Å²) in [6.07, 6.45) is 0.785. The van der Waals surface area contributed by atoms with Crippen molar-refractivity contribution in [1.82, 2.24) is 9.29 Å². The number of hydrogen-bond donors (Lipinski definition) is 2. The molecule has 1 fully saturated rings. The van der Waals surface area contributed by atoms with Gasteiger partial charge in [0.15, 0.2) is 0 Å². The number of nitrogens with zero attached hydrogens (tertiary/aromatic N) is 2. The fourth-order valence-electron chi connectivity index (χ4n) is 2.35. The zero-order chi connectivity index (χ0) is 15.7. The Balaban J connectivity index is 2.29. The van der Waals surface area contributed by atoms with E-state index in [9.17, 15) is 13.5 Å². The van der Waals surface area contributed by atoms with Crippen LogP contribution in [0, 0.1) is 0 Å². The second kappa shape index (κ2) is 5.98. The van der Waals surface area contributed by atoms with E-state index in [4.69, 9.17) is 10.5 Å². The number of hydrogen-bond acceptors (Lipinski definition) is 6. The molecule has 1 aromatic heterocycles. The molecule has 1 aliphatic heterocycles. The first-order valence-corrected chi connectivity index (χ1v) is 8.16. The molecular formula is C13H21N3O4S. The highest BCUT2D eigenvalue weighted by Gasteiger charge is 2.39. The maximum absolute atomic E-state index is 12.7. The van der Waals surface area contributed by atoms with Crippen molar-refractivity contribution in [2.75, 3.05) is 19.7 Å². The average Bonchev–Trinajstić information content (AvgIpc) is 2.45. The third-order valence-electron chi connectivity index (χ3n) is 3.30. The van der Waals surface area contributed by atoms with Crippen molar-refractivity contribution in [2.24, 2.45) is 5.73 Å². The van der Waals surface area contributed by atoms with E-state index in [1.54, 1.807) is 19.9 Å². The standard InChI is InChI=1S/C13H21N3O4S/c1-13(2)9-16(7-11(8-17)20-13)21(18,19)12-4-3-10(5-14)15-6-12/h3-4,6,11,17H,5,7-9,14H2,1-2H3. The smallest absolute Gasteiger partial charge is 0.244 e. The van der Waals surface area contributed by atoms with E-state index >= 15 is 0 Å². The number of rotatable bonds is 4. The SMILES string of the molecule is CC1(C)CN(S(=O)(=O)c2ccc(CN)nc2)CC(CO)O1. The maximum atomic E-state index is 12.7. The Morgan fingerprint density at radius 2 is 2.24 bits per heavy atom. The van der Waals surface area contributed by atoms with Crippen molar-refractivity contribution in [3.63, 3.8) is 0 Å². The molecule has 3 N–H and O–H groups in total. The molecule has 1 atom stereocenters. The molecule has 0 bridgehead atoms. The monoisotopic (exact) mass is 315 g/mol. The average molecular weight is 315 g/mol. The van der Waals surface area contributed by atoms with Crippen molar-refractivity contribution in [1.29, 1.82) is 0 Å². The molecule has 0 radical (unpaired) electrons. The minimum absolute atomic E-state index is 0.120. The van der Waals surface area contributed by atoms with Gasteiger partial charge in [-0.15, -0.1) is 0 Å². The molecule has 0 aromatic carbocycles. The fourth-order valence-corrected chi connectivity index (χ4v) is 3.92. The first-order valence-electron chi connectivity index (χ1n) is 6.72. The first kappa shape index (κ1) is 16.3. The summed E-state index contributed by atoms with van der Waals surface area (Å²) in [6, 6.07) is 3.10. The van der Waals surface area contributed by atoms with Gasteiger partial charge < -0.3 is 15.6 Å². The lowest BCUT2D eigenvalue weighted by Crippen LogP contribution is -2.55. The molecule has 0 aliphatic carbocycles. The van der Waals surface area contributed by atoms with Gasteiger partial charge in [-0.05, 0) is 26.0 Å². The van der Waals surface area contributed by atoms with Gasteiger partial charge >= 0.3 is 0 Å². The quantitative estimate of drug-likeness (QED) is 0.790. The van der Waals surface area contributed by atoms with Crippen LogP contribution in [0.25, 0.3) is 0 Å². The number of aliphatic hydroxyl groups is 1. The molecule has 2 rings (SSSR count). The molecular weight excluding hydrogens is 294 g/mol. The largest absolute Gasteiger partial charge is 0.394 e. The number of nitrogens with two attached hydrogens (primary N) is 1. The van der Waals surface area contributed by atoms with Crippen molar-refractivity contribution in [2.45, 2.75) is 37.0 Å². The van der Waals surface area contributed by atoms with Crippen LogP contribution < -0.4 is 5.73 Å². The van der Waals surface area contributed by atoms with E-state index in [0.717, 1.165) is 0 Å². The number of aliphatic hydroxyl groups excluding tert-OH is 1. The highest BCUT2D eigenvalue weighted by Crippen LogP contribution is 2.26. The van der Waals surface area contributed by atoms with Crippen molar-refractivity contribution >= 4 is 10.0 Å². The number of morpholine rings is 1. The van der Waals surface area contributed by atoms with Gasteiger partial charge in [0.1, 0.15) is 4.90 Å². The van der Waals surface area contributed by atoms with E-state index in [0.29, 0.717) is 5.69 Å². The topological polar surface area (TPSA) is 106 Å². The highest BCUT2D eigenvalue weighted by atomic mass is 32.2. The minimum atomic E-state index is -3.66. The summed E-state index contributed by atoms with van der Waals surface area (Å²) < 4.78 is 32.3. The van der Waals surface area contributed by atoms with Crippen LogP contribution in [0.15, 0.2) is 23.2 Å². The molecule has 0 spiro atoms. The molecule has 2 heterocycles. The molecule has 1 unspecified atom stereocenters. The number of ether oxygens (including phenoxy) is 1. The van der Waals surface area contributed by atoms with E-state index in [2.05, 4.69) is 4.98 Å². The van der Waals surface area contributed by atoms with Gasteiger partial charge in [0.25, 0.3) is 0 Å². The predicted molar refractivity (Wildman–Crippen MR) is 76.9 cm³/mol. The molecule has 7 nitrogen and oxygen atoms in total. The van der Waals surface area contributed by atoms with Crippen LogP contribution in [0.5, 0.6) is 0 Å². The summed E-state index contributed by atoms with van der Waals surface area (Å²) in [7, 11) is -3.66. The van der Waals surface area contributed by atoms with E-state index < -0.39 is 21.7 Å². The van der Waals surface area contributed by atoms with Crippen LogP contribution in [0.3, 0.4) is 0 Å². The third-order valence-corrected chi connectivity index (χ3v) is 5.09. The Labute approximate surface area is 124 Å². The summed E-state index contributed by atoms with van der Waals surface area (Å²) in [6.45, 7) is 3.99. The molecule has 21 heavy (non-hydrogen) atoms. The lowest BCUT2D eigenvalue weighted by atomic mass is 10.1. The van der Waals surface area contributed by atoms with Crippen molar-refractivity contribution < 1.29 is 18.3 Å².